The molecule has 5 N–H and O–H groups in total. The van der Waals surface area contributed by atoms with Gasteiger partial charge in [-0.05, 0) is 106 Å². The number of imide groups is 2. The minimum absolute atomic E-state index is 0.0732. The Kier molecular flexibility index (Phi) is 10.9. The molecule has 60 heavy (non-hydrogen) atoms. The summed E-state index contributed by atoms with van der Waals surface area (Å²) in [6.07, 6.45) is 5.73. The third-order valence-electron chi connectivity index (χ3n) is 13.3. The van der Waals surface area contributed by atoms with Crippen LogP contribution in [-0.4, -0.2) is 142 Å². The summed E-state index contributed by atoms with van der Waals surface area (Å²) < 4.78 is 0. The van der Waals surface area contributed by atoms with Gasteiger partial charge in [0, 0.05) is 64.1 Å². The lowest BCUT2D eigenvalue weighted by Gasteiger charge is -2.42. The Morgan fingerprint density at radius 1 is 0.883 bits per heavy atom. The molecule has 17 heteroatoms. The van der Waals surface area contributed by atoms with E-state index in [1.165, 1.54) is 5.56 Å². The molecule has 6 aliphatic heterocycles. The average molecular weight is 820 g/mol. The number of carbonyl (C=O) groups is 5. The van der Waals surface area contributed by atoms with Crippen molar-refractivity contribution < 1.29 is 29.1 Å². The van der Waals surface area contributed by atoms with Crippen molar-refractivity contribution in [2.24, 2.45) is 11.7 Å². The number of benzene rings is 2. The highest BCUT2D eigenvalue weighted by Crippen LogP contribution is 2.35. The Bertz CT molecular complexity index is 2170. The minimum atomic E-state index is -1.29. The first-order chi connectivity index (χ1) is 29.0. The van der Waals surface area contributed by atoms with E-state index in [9.17, 15) is 29.1 Å². The van der Waals surface area contributed by atoms with Gasteiger partial charge in [0.25, 0.3) is 11.8 Å². The van der Waals surface area contributed by atoms with Gasteiger partial charge in [0.2, 0.25) is 11.8 Å². The highest BCUT2D eigenvalue weighted by molar-refractivity contribution is 6.23. The van der Waals surface area contributed by atoms with Crippen LogP contribution in [0.1, 0.15) is 89.1 Å². The number of rotatable bonds is 11. The number of nitrogens with two attached hydrogens (primary N) is 1. The predicted octanol–water partition coefficient (Wildman–Crippen LogP) is 2.61. The number of amides is 6. The van der Waals surface area contributed by atoms with E-state index in [0.29, 0.717) is 41.1 Å². The number of nitrogens with one attached hydrogen (secondary N) is 2. The minimum Gasteiger partial charge on any atom is -0.373 e. The van der Waals surface area contributed by atoms with Crippen LogP contribution in [0.5, 0.6) is 0 Å². The van der Waals surface area contributed by atoms with Crippen molar-refractivity contribution in [3.05, 3.63) is 71.0 Å². The maximum atomic E-state index is 13.3. The van der Waals surface area contributed by atoms with Gasteiger partial charge in [-0.2, -0.15) is 0 Å². The second-order valence-electron chi connectivity index (χ2n) is 17.1. The molecule has 3 aromatic rings. The van der Waals surface area contributed by atoms with Crippen molar-refractivity contribution in [1.82, 2.24) is 34.9 Å². The summed E-state index contributed by atoms with van der Waals surface area (Å²) in [5.74, 6) is 0.140. The fraction of sp³-hybridized carbons (Fsp3) is 0.512. The largest absolute Gasteiger partial charge is 0.373 e. The van der Waals surface area contributed by atoms with Gasteiger partial charge in [0.1, 0.15) is 23.8 Å². The highest BCUT2D eigenvalue weighted by Gasteiger charge is 2.45. The van der Waals surface area contributed by atoms with Gasteiger partial charge in [0.05, 0.1) is 23.4 Å². The fourth-order valence-electron chi connectivity index (χ4n) is 9.72. The number of aliphatic hydroxyl groups is 1. The summed E-state index contributed by atoms with van der Waals surface area (Å²) in [4.78, 5) is 84.1. The first kappa shape index (κ1) is 39.8. The molecule has 0 radical (unpaired) electrons. The number of hydrogen-bond acceptors (Lipinski definition) is 13. The highest BCUT2D eigenvalue weighted by atomic mass is 16.3. The number of anilines is 4. The van der Waals surface area contributed by atoms with E-state index < -0.39 is 35.9 Å². The van der Waals surface area contributed by atoms with Crippen LogP contribution in [0.3, 0.4) is 0 Å². The molecule has 6 aliphatic rings. The normalized spacial score (nSPS) is 23.6. The Morgan fingerprint density at radius 2 is 1.65 bits per heavy atom. The van der Waals surface area contributed by atoms with E-state index in [1.54, 1.807) is 23.2 Å². The topological polar surface area (TPSA) is 201 Å². The zero-order chi connectivity index (χ0) is 41.7. The Morgan fingerprint density at radius 3 is 2.37 bits per heavy atom. The molecule has 0 saturated carbocycles. The third kappa shape index (κ3) is 7.76. The summed E-state index contributed by atoms with van der Waals surface area (Å²) in [6.45, 7) is 7.82. The van der Waals surface area contributed by atoms with Crippen molar-refractivity contribution in [3.8, 4) is 0 Å². The lowest BCUT2D eigenvalue weighted by atomic mass is 9.88. The lowest BCUT2D eigenvalue weighted by Crippen LogP contribution is -2.54. The zero-order valence-corrected chi connectivity index (χ0v) is 34.0. The number of piperidine rings is 3. The SMILES string of the molecule is CN1CCN([C@@H]2CCCN(c3cnc(C(N)O)c(Nc4ccc(C5CCN(CCC6CN(c7ccc8c(c7)C(=O)N(C7CCC(=O)NC7=O)C8=O)C6)CC5)cc4)n3)C2)C1=O. The Labute approximate surface area is 348 Å². The summed E-state index contributed by atoms with van der Waals surface area (Å²) in [5, 5.41) is 15.9. The number of urea groups is 1. The zero-order valence-electron chi connectivity index (χ0n) is 34.0. The van der Waals surface area contributed by atoms with Crippen molar-refractivity contribution >= 4 is 52.7 Å². The quantitative estimate of drug-likeness (QED) is 0.163. The van der Waals surface area contributed by atoms with E-state index in [0.717, 1.165) is 101 Å². The van der Waals surface area contributed by atoms with Crippen molar-refractivity contribution in [2.75, 3.05) is 81.1 Å². The van der Waals surface area contributed by atoms with Gasteiger partial charge in [0.15, 0.2) is 5.82 Å². The van der Waals surface area contributed by atoms with E-state index in [2.05, 4.69) is 42.5 Å². The summed E-state index contributed by atoms with van der Waals surface area (Å²) >= 11 is 0. The molecule has 316 valence electrons. The molecule has 5 saturated heterocycles. The van der Waals surface area contributed by atoms with Crippen molar-refractivity contribution in [1.29, 1.82) is 0 Å². The summed E-state index contributed by atoms with van der Waals surface area (Å²) in [7, 11) is 1.84. The summed E-state index contributed by atoms with van der Waals surface area (Å²) in [5.41, 5.74) is 9.81. The number of hydrogen-bond donors (Lipinski definition) is 4. The second kappa shape index (κ2) is 16.4. The molecule has 0 aliphatic carbocycles. The van der Waals surface area contributed by atoms with Crippen LogP contribution >= 0.6 is 0 Å². The molecule has 9 rings (SSSR count). The smallest absolute Gasteiger partial charge is 0.320 e. The maximum absolute atomic E-state index is 13.3. The van der Waals surface area contributed by atoms with Crippen molar-refractivity contribution in [3.63, 3.8) is 0 Å². The van der Waals surface area contributed by atoms with Gasteiger partial charge in [-0.3, -0.25) is 29.4 Å². The average Bonchev–Trinajstić information content (AvgIpc) is 3.70. The number of likely N-dealkylation sites (tertiary alicyclic amines) is 1. The van der Waals surface area contributed by atoms with Crippen LogP contribution < -0.4 is 26.2 Å². The molecule has 7 heterocycles. The second-order valence-corrected chi connectivity index (χ2v) is 17.1. The third-order valence-corrected chi connectivity index (χ3v) is 13.3. The monoisotopic (exact) mass is 819 g/mol. The van der Waals surface area contributed by atoms with E-state index in [1.807, 2.05) is 30.1 Å². The molecule has 0 spiro atoms. The Balaban J connectivity index is 0.739. The van der Waals surface area contributed by atoms with Crippen LogP contribution in [0.15, 0.2) is 48.7 Å². The molecular formula is C43H53N11O6. The molecule has 17 nitrogen and oxygen atoms in total. The first-order valence-corrected chi connectivity index (χ1v) is 21.3. The first-order valence-electron chi connectivity index (χ1n) is 21.3. The van der Waals surface area contributed by atoms with E-state index >= 15 is 0 Å². The lowest BCUT2D eigenvalue weighted by molar-refractivity contribution is -0.136. The number of carbonyl (C=O) groups excluding carboxylic acids is 5. The number of aliphatic hydroxyl groups excluding tert-OH is 1. The maximum Gasteiger partial charge on any atom is 0.320 e. The Hall–Kier alpha value is -5.65. The molecule has 5 fully saturated rings. The van der Waals surface area contributed by atoms with Gasteiger partial charge in [-0.1, -0.05) is 12.1 Å². The number of likely N-dealkylation sites (N-methyl/N-ethyl adjacent to an activating group) is 1. The van der Waals surface area contributed by atoms with Crippen LogP contribution in [0.4, 0.5) is 27.8 Å². The van der Waals surface area contributed by atoms with Gasteiger partial charge < -0.3 is 40.7 Å². The van der Waals surface area contributed by atoms with Crippen LogP contribution in [0.25, 0.3) is 0 Å². The van der Waals surface area contributed by atoms with Crippen LogP contribution in [0.2, 0.25) is 0 Å². The molecule has 2 aromatic carbocycles. The van der Waals surface area contributed by atoms with E-state index in [4.69, 9.17) is 10.7 Å². The molecule has 3 atom stereocenters. The molecular weight excluding hydrogens is 767 g/mol. The van der Waals surface area contributed by atoms with Gasteiger partial charge >= 0.3 is 6.03 Å². The summed E-state index contributed by atoms with van der Waals surface area (Å²) in [6, 6.07) is 12.9. The van der Waals surface area contributed by atoms with E-state index in [-0.39, 0.29) is 30.6 Å². The number of aromatic nitrogens is 2. The fourth-order valence-corrected chi connectivity index (χ4v) is 9.72. The number of fused-ring (bicyclic) bond motifs is 1. The van der Waals surface area contributed by atoms with Gasteiger partial charge in [-0.25, -0.2) is 14.8 Å². The standard InChI is InChI=1S/C43H53N11O6/c1-49-19-20-53(43(49)60)31-3-2-15-51(25-31)35-22-45-37(38(44)56)39(47-35)46-29-6-4-27(5-7-29)28-13-17-50(18-14-28)16-12-26-23-52(24-26)30-8-9-32-33(21-30)42(59)54(41(32)58)34-10-11-36(55)48-40(34)57/h4-9,21-22,26,28,31,34,38,56H,2-3,10-20,23-25,44H2,1H3,(H,46,47)(H,48,55,57)/t31-,34?,38?/m1/s1. The van der Waals surface area contributed by atoms with Crippen molar-refractivity contribution in [2.45, 2.75) is 69.2 Å². The molecule has 2 unspecified atom stereocenters. The predicted molar refractivity (Wildman–Crippen MR) is 223 cm³/mol. The van der Waals surface area contributed by atoms with Crippen LogP contribution in [-0.2, 0) is 9.59 Å². The molecule has 6 amide bonds. The molecule has 0 bridgehead atoms. The number of nitrogens with zero attached hydrogens (tertiary/aromatic N) is 8. The van der Waals surface area contributed by atoms with Gasteiger partial charge in [-0.15, -0.1) is 0 Å². The van der Waals surface area contributed by atoms with Crippen LogP contribution in [0, 0.1) is 5.92 Å². The molecule has 1 aromatic heterocycles.